The van der Waals surface area contributed by atoms with Gasteiger partial charge in [-0.15, -0.1) is 0 Å². The van der Waals surface area contributed by atoms with E-state index in [4.69, 9.17) is 11.6 Å². The molecule has 0 aliphatic rings. The fourth-order valence-corrected chi connectivity index (χ4v) is 3.30. The summed E-state index contributed by atoms with van der Waals surface area (Å²) < 4.78 is 2.91. The number of halogens is 2. The van der Waals surface area contributed by atoms with E-state index in [1.807, 2.05) is 47.0 Å². The van der Waals surface area contributed by atoms with Gasteiger partial charge >= 0.3 is 0 Å². The number of hydrogen-bond acceptors (Lipinski definition) is 3. The van der Waals surface area contributed by atoms with Crippen molar-refractivity contribution in [3.05, 3.63) is 86.3 Å². The molecular weight excluding hydrogens is 418 g/mol. The third-order valence-corrected chi connectivity index (χ3v) is 4.78. The Morgan fingerprint density at radius 1 is 1.04 bits per heavy atom. The molecule has 0 saturated carbocycles. The van der Waals surface area contributed by atoms with Crippen molar-refractivity contribution in [3.8, 4) is 17.1 Å². The van der Waals surface area contributed by atoms with Crippen LogP contribution in [0.2, 0.25) is 5.02 Å². The average molecular weight is 429 g/mol. The molecule has 0 atom stereocenters. The van der Waals surface area contributed by atoms with Crippen LogP contribution in [0.3, 0.4) is 0 Å². The second-order valence-corrected chi connectivity index (χ2v) is 7.04. The van der Waals surface area contributed by atoms with Gasteiger partial charge in [0, 0.05) is 32.9 Å². The van der Waals surface area contributed by atoms with Gasteiger partial charge < -0.3 is 0 Å². The maximum Gasteiger partial charge on any atom is 0.271 e. The average Bonchev–Trinajstić information content (AvgIpc) is 3.00. The summed E-state index contributed by atoms with van der Waals surface area (Å²) in [5.41, 5.74) is 3.07. The molecule has 0 radical (unpaired) electrons. The van der Waals surface area contributed by atoms with Crippen molar-refractivity contribution in [1.29, 1.82) is 0 Å². The van der Waals surface area contributed by atoms with Crippen LogP contribution in [0.5, 0.6) is 0 Å². The normalized spacial score (nSPS) is 11.0. The molecule has 5 nitrogen and oxygen atoms in total. The predicted octanol–water partition coefficient (Wildman–Crippen LogP) is 6.02. The first kappa shape index (κ1) is 16.8. The number of fused-ring (bicyclic) bond motifs is 1. The summed E-state index contributed by atoms with van der Waals surface area (Å²) in [4.78, 5) is 15.3. The number of non-ortho nitro benzene ring substituents is 1. The van der Waals surface area contributed by atoms with Crippen LogP contribution >= 0.6 is 27.5 Å². The number of benzene rings is 3. The molecule has 1 heterocycles. The largest absolute Gasteiger partial charge is 0.292 e. The van der Waals surface area contributed by atoms with Crippen LogP contribution in [-0.2, 0) is 0 Å². The van der Waals surface area contributed by atoms with E-state index in [1.165, 1.54) is 12.1 Å². The van der Waals surface area contributed by atoms with Crippen LogP contribution in [0, 0.1) is 10.1 Å². The molecule has 128 valence electrons. The Hall–Kier alpha value is -2.70. The topological polar surface area (TPSA) is 61.0 Å². The van der Waals surface area contributed by atoms with Crippen molar-refractivity contribution in [2.24, 2.45) is 0 Å². The van der Waals surface area contributed by atoms with E-state index in [2.05, 4.69) is 20.9 Å². The van der Waals surface area contributed by atoms with Gasteiger partial charge in [0.1, 0.15) is 5.82 Å². The van der Waals surface area contributed by atoms with Gasteiger partial charge in [0.2, 0.25) is 0 Å². The summed E-state index contributed by atoms with van der Waals surface area (Å²) in [6.07, 6.45) is 0. The van der Waals surface area contributed by atoms with Gasteiger partial charge in [-0.2, -0.15) is 0 Å². The molecule has 1 aromatic heterocycles. The third-order valence-electron chi connectivity index (χ3n) is 4.02. The second-order valence-electron chi connectivity index (χ2n) is 5.69. The fraction of sp³-hybridized carbons (Fsp3) is 0. The minimum Gasteiger partial charge on any atom is -0.292 e. The molecule has 0 spiro atoms. The van der Waals surface area contributed by atoms with Crippen molar-refractivity contribution in [2.45, 2.75) is 0 Å². The minimum absolute atomic E-state index is 0.00982. The van der Waals surface area contributed by atoms with Crippen LogP contribution in [0.1, 0.15) is 0 Å². The van der Waals surface area contributed by atoms with Gasteiger partial charge in [-0.1, -0.05) is 45.7 Å². The van der Waals surface area contributed by atoms with Gasteiger partial charge in [0.25, 0.3) is 5.69 Å². The van der Waals surface area contributed by atoms with Gasteiger partial charge in [-0.3, -0.25) is 14.7 Å². The predicted molar refractivity (Wildman–Crippen MR) is 106 cm³/mol. The Morgan fingerprint density at radius 3 is 2.50 bits per heavy atom. The Balaban J connectivity index is 2.03. The number of nitro benzene ring substituents is 1. The highest BCUT2D eigenvalue weighted by Crippen LogP contribution is 2.31. The van der Waals surface area contributed by atoms with E-state index in [9.17, 15) is 10.1 Å². The number of imidazole rings is 1. The van der Waals surface area contributed by atoms with E-state index in [0.717, 1.165) is 21.2 Å². The highest BCUT2D eigenvalue weighted by Gasteiger charge is 2.17. The Bertz CT molecular complexity index is 1140. The highest BCUT2D eigenvalue weighted by atomic mass is 79.9. The van der Waals surface area contributed by atoms with Crippen LogP contribution in [-0.4, -0.2) is 14.5 Å². The Kier molecular flexibility index (Phi) is 4.22. The molecular formula is C19H11BrClN3O2. The van der Waals surface area contributed by atoms with Crippen LogP contribution in [0.4, 0.5) is 5.69 Å². The van der Waals surface area contributed by atoms with Gasteiger partial charge in [0.15, 0.2) is 0 Å². The van der Waals surface area contributed by atoms with Crippen LogP contribution < -0.4 is 0 Å². The van der Waals surface area contributed by atoms with Crippen molar-refractivity contribution in [2.75, 3.05) is 0 Å². The first-order valence-electron chi connectivity index (χ1n) is 7.72. The summed E-state index contributed by atoms with van der Waals surface area (Å²) in [5, 5.41) is 11.7. The quantitative estimate of drug-likeness (QED) is 0.296. The van der Waals surface area contributed by atoms with Crippen LogP contribution in [0.25, 0.3) is 28.1 Å². The van der Waals surface area contributed by atoms with Gasteiger partial charge in [0.05, 0.1) is 16.0 Å². The van der Waals surface area contributed by atoms with E-state index < -0.39 is 4.92 Å². The number of aromatic nitrogens is 2. The first-order chi connectivity index (χ1) is 12.5. The number of nitro groups is 1. The summed E-state index contributed by atoms with van der Waals surface area (Å²) in [7, 11) is 0. The molecule has 0 N–H and O–H groups in total. The van der Waals surface area contributed by atoms with Crippen molar-refractivity contribution in [1.82, 2.24) is 9.55 Å². The molecule has 4 aromatic rings. The number of hydrogen-bond donors (Lipinski definition) is 0. The molecule has 0 saturated heterocycles. The van der Waals surface area contributed by atoms with E-state index >= 15 is 0 Å². The lowest BCUT2D eigenvalue weighted by atomic mass is 10.2. The second kappa shape index (κ2) is 6.55. The van der Waals surface area contributed by atoms with Gasteiger partial charge in [-0.05, 0) is 36.4 Å². The zero-order valence-corrected chi connectivity index (χ0v) is 15.6. The zero-order valence-electron chi connectivity index (χ0n) is 13.3. The lowest BCUT2D eigenvalue weighted by Gasteiger charge is -2.10. The smallest absolute Gasteiger partial charge is 0.271 e. The SMILES string of the molecule is O=[N+]([O-])c1ccc2c(c1)nc(-c1ccc(Br)cc1)n2-c1cccc(Cl)c1. The molecule has 0 fully saturated rings. The Morgan fingerprint density at radius 2 is 1.81 bits per heavy atom. The lowest BCUT2D eigenvalue weighted by molar-refractivity contribution is -0.384. The van der Waals surface area contributed by atoms with Crippen molar-refractivity contribution in [3.63, 3.8) is 0 Å². The molecule has 0 unspecified atom stereocenters. The zero-order chi connectivity index (χ0) is 18.3. The molecule has 0 bridgehead atoms. The van der Waals surface area contributed by atoms with Gasteiger partial charge in [-0.25, -0.2) is 4.98 Å². The molecule has 7 heteroatoms. The molecule has 4 rings (SSSR count). The first-order valence-corrected chi connectivity index (χ1v) is 8.89. The highest BCUT2D eigenvalue weighted by molar-refractivity contribution is 9.10. The maximum atomic E-state index is 11.1. The Labute approximate surface area is 162 Å². The third kappa shape index (κ3) is 2.98. The maximum absolute atomic E-state index is 11.1. The summed E-state index contributed by atoms with van der Waals surface area (Å²) >= 11 is 9.60. The minimum atomic E-state index is -0.419. The summed E-state index contributed by atoms with van der Waals surface area (Å²) in [6.45, 7) is 0. The summed E-state index contributed by atoms with van der Waals surface area (Å²) in [5.74, 6) is 0.690. The monoisotopic (exact) mass is 427 g/mol. The van der Waals surface area contributed by atoms with Crippen LogP contribution in [0.15, 0.2) is 71.2 Å². The molecule has 0 aliphatic carbocycles. The number of rotatable bonds is 3. The van der Waals surface area contributed by atoms with E-state index in [1.54, 1.807) is 12.1 Å². The lowest BCUT2D eigenvalue weighted by Crippen LogP contribution is -1.97. The molecule has 26 heavy (non-hydrogen) atoms. The van der Waals surface area contributed by atoms with E-state index in [-0.39, 0.29) is 5.69 Å². The standard InChI is InChI=1S/C19H11BrClN3O2/c20-13-6-4-12(5-7-13)19-22-17-11-16(24(25)26)8-9-18(17)23(19)15-3-1-2-14(21)10-15/h1-11H. The van der Waals surface area contributed by atoms with Crippen molar-refractivity contribution < 1.29 is 4.92 Å². The summed E-state index contributed by atoms with van der Waals surface area (Å²) in [6, 6.07) is 19.9. The molecule has 0 aliphatic heterocycles. The van der Waals surface area contributed by atoms with Crippen molar-refractivity contribution >= 4 is 44.3 Å². The van der Waals surface area contributed by atoms with E-state index in [0.29, 0.717) is 16.4 Å². The number of nitrogens with zero attached hydrogens (tertiary/aromatic N) is 3. The molecule has 3 aromatic carbocycles. The fourth-order valence-electron chi connectivity index (χ4n) is 2.85. The molecule has 0 amide bonds.